The van der Waals surface area contributed by atoms with Crippen LogP contribution < -0.4 is 4.90 Å². The number of carbonyl (C=O) groups is 1. The summed E-state index contributed by atoms with van der Waals surface area (Å²) in [5.74, 6) is -0.331. The van der Waals surface area contributed by atoms with Crippen molar-refractivity contribution in [2.75, 3.05) is 25.0 Å². The van der Waals surface area contributed by atoms with Crippen LogP contribution in [0.5, 0.6) is 0 Å². The normalized spacial score (nSPS) is 17.6. The van der Waals surface area contributed by atoms with E-state index in [9.17, 15) is 14.3 Å². The second-order valence-electron chi connectivity index (χ2n) is 6.70. The summed E-state index contributed by atoms with van der Waals surface area (Å²) in [6.07, 6.45) is 1.09. The van der Waals surface area contributed by atoms with Crippen LogP contribution in [0.2, 0.25) is 0 Å². The van der Waals surface area contributed by atoms with Crippen LogP contribution in [-0.4, -0.2) is 42.3 Å². The van der Waals surface area contributed by atoms with Crippen molar-refractivity contribution >= 4 is 11.8 Å². The summed E-state index contributed by atoms with van der Waals surface area (Å²) in [4.78, 5) is 15.6. The number of carboxylic acid groups (broad SMARTS) is 1. The Kier molecular flexibility index (Phi) is 5.04. The van der Waals surface area contributed by atoms with E-state index in [-0.39, 0.29) is 11.9 Å². The average molecular weight is 342 g/mol. The lowest BCUT2D eigenvalue weighted by atomic mass is 10.00. The van der Waals surface area contributed by atoms with E-state index in [0.29, 0.717) is 17.8 Å². The first-order valence-corrected chi connectivity index (χ1v) is 8.53. The molecule has 0 aromatic heterocycles. The number of hydrogen-bond donors (Lipinski definition) is 1. The highest BCUT2D eigenvalue weighted by atomic mass is 19.1. The third-order valence-corrected chi connectivity index (χ3v) is 4.87. The van der Waals surface area contributed by atoms with E-state index < -0.39 is 6.09 Å². The highest BCUT2D eigenvalue weighted by Gasteiger charge is 2.27. The van der Waals surface area contributed by atoms with Crippen LogP contribution in [-0.2, 0) is 0 Å². The standard InChI is InChI=1S/C20H23FN2O2/c1-14-8-9-19(18(11-14)15-5-3-6-16(21)12-15)23(20(24)25)13-17-7-4-10-22(17)2/h3,5-6,8-9,11-12,17H,4,7,10,13H2,1-2H3,(H,24,25)/t17-/m0/s1. The molecule has 1 aliphatic rings. The lowest BCUT2D eigenvalue weighted by molar-refractivity contribution is 0.198. The van der Waals surface area contributed by atoms with Gasteiger partial charge in [0.1, 0.15) is 5.82 Å². The lowest BCUT2D eigenvalue weighted by Crippen LogP contribution is -2.41. The molecule has 1 saturated heterocycles. The molecule has 0 radical (unpaired) electrons. The summed E-state index contributed by atoms with van der Waals surface area (Å²) in [5.41, 5.74) is 3.03. The number of likely N-dealkylation sites (N-methyl/N-ethyl adjacent to an activating group) is 1. The van der Waals surface area contributed by atoms with Gasteiger partial charge in [-0.2, -0.15) is 0 Å². The number of aryl methyl sites for hydroxylation is 1. The van der Waals surface area contributed by atoms with Crippen LogP contribution in [0.3, 0.4) is 0 Å². The SMILES string of the molecule is Cc1ccc(N(C[C@@H]2CCCN2C)C(=O)O)c(-c2cccc(F)c2)c1. The molecule has 1 aliphatic heterocycles. The molecule has 0 bridgehead atoms. The fourth-order valence-electron chi connectivity index (χ4n) is 3.47. The molecule has 25 heavy (non-hydrogen) atoms. The van der Waals surface area contributed by atoms with Gasteiger partial charge in [-0.3, -0.25) is 4.90 Å². The summed E-state index contributed by atoms with van der Waals surface area (Å²) in [6, 6.07) is 12.1. The zero-order valence-electron chi connectivity index (χ0n) is 14.6. The van der Waals surface area contributed by atoms with Crippen LogP contribution in [0.25, 0.3) is 11.1 Å². The molecule has 0 spiro atoms. The Bertz CT molecular complexity index is 778. The Morgan fingerprint density at radius 1 is 1.32 bits per heavy atom. The maximum atomic E-state index is 13.7. The van der Waals surface area contributed by atoms with Crippen molar-refractivity contribution in [2.24, 2.45) is 0 Å². The lowest BCUT2D eigenvalue weighted by Gasteiger charge is -2.28. The third-order valence-electron chi connectivity index (χ3n) is 4.87. The van der Waals surface area contributed by atoms with Gasteiger partial charge in [-0.05, 0) is 63.2 Å². The van der Waals surface area contributed by atoms with Crippen LogP contribution >= 0.6 is 0 Å². The van der Waals surface area contributed by atoms with Gasteiger partial charge >= 0.3 is 6.09 Å². The van der Waals surface area contributed by atoms with Crippen molar-refractivity contribution < 1.29 is 14.3 Å². The molecule has 4 nitrogen and oxygen atoms in total. The Labute approximate surface area is 147 Å². The van der Waals surface area contributed by atoms with Crippen LogP contribution in [0.1, 0.15) is 18.4 Å². The van der Waals surface area contributed by atoms with E-state index in [2.05, 4.69) is 4.90 Å². The molecular formula is C20H23FN2O2. The minimum absolute atomic E-state index is 0.206. The van der Waals surface area contributed by atoms with Gasteiger partial charge in [-0.1, -0.05) is 23.8 Å². The van der Waals surface area contributed by atoms with Crippen molar-refractivity contribution in [1.29, 1.82) is 0 Å². The molecule has 1 amide bonds. The van der Waals surface area contributed by atoms with Gasteiger partial charge in [0.15, 0.2) is 0 Å². The Morgan fingerprint density at radius 2 is 2.12 bits per heavy atom. The monoisotopic (exact) mass is 342 g/mol. The van der Waals surface area contributed by atoms with E-state index >= 15 is 0 Å². The van der Waals surface area contributed by atoms with Crippen molar-refractivity contribution in [3.05, 3.63) is 53.8 Å². The molecule has 0 aliphatic carbocycles. The van der Waals surface area contributed by atoms with Gasteiger partial charge in [0.25, 0.3) is 0 Å². The number of likely N-dealkylation sites (tertiary alicyclic amines) is 1. The third kappa shape index (κ3) is 3.82. The minimum Gasteiger partial charge on any atom is -0.465 e. The second-order valence-corrected chi connectivity index (χ2v) is 6.70. The van der Waals surface area contributed by atoms with E-state index in [0.717, 1.165) is 30.5 Å². The van der Waals surface area contributed by atoms with Crippen LogP contribution in [0.15, 0.2) is 42.5 Å². The van der Waals surface area contributed by atoms with Crippen molar-refractivity contribution in [3.8, 4) is 11.1 Å². The highest BCUT2D eigenvalue weighted by Crippen LogP contribution is 2.33. The Balaban J connectivity index is 2.02. The molecule has 1 atom stereocenters. The number of nitrogens with zero attached hydrogens (tertiary/aromatic N) is 2. The Morgan fingerprint density at radius 3 is 2.76 bits per heavy atom. The van der Waals surface area contributed by atoms with E-state index in [1.165, 1.54) is 17.0 Å². The molecule has 0 saturated carbocycles. The summed E-state index contributed by atoms with van der Waals surface area (Å²) in [7, 11) is 2.03. The smallest absolute Gasteiger partial charge is 0.411 e. The second kappa shape index (κ2) is 7.23. The summed E-state index contributed by atoms with van der Waals surface area (Å²) in [6.45, 7) is 3.35. The molecule has 1 N–H and O–H groups in total. The van der Waals surface area contributed by atoms with Crippen LogP contribution in [0.4, 0.5) is 14.9 Å². The predicted octanol–water partition coefficient (Wildman–Crippen LogP) is 4.38. The molecule has 1 heterocycles. The van der Waals surface area contributed by atoms with Gasteiger partial charge in [0.05, 0.1) is 5.69 Å². The number of amides is 1. The maximum Gasteiger partial charge on any atom is 0.411 e. The number of anilines is 1. The van der Waals surface area contributed by atoms with Gasteiger partial charge in [0, 0.05) is 18.2 Å². The average Bonchev–Trinajstić information content (AvgIpc) is 2.97. The zero-order chi connectivity index (χ0) is 18.0. The Hall–Kier alpha value is -2.40. The van der Waals surface area contributed by atoms with Gasteiger partial charge in [0.2, 0.25) is 0 Å². The maximum absolute atomic E-state index is 13.7. The summed E-state index contributed by atoms with van der Waals surface area (Å²) in [5, 5.41) is 9.80. The first kappa shape index (κ1) is 17.4. The zero-order valence-corrected chi connectivity index (χ0v) is 14.6. The van der Waals surface area contributed by atoms with Crippen molar-refractivity contribution in [2.45, 2.75) is 25.8 Å². The number of halogens is 1. The molecular weight excluding hydrogens is 319 g/mol. The van der Waals surface area contributed by atoms with Gasteiger partial charge < -0.3 is 10.0 Å². The van der Waals surface area contributed by atoms with E-state index in [1.54, 1.807) is 6.07 Å². The van der Waals surface area contributed by atoms with E-state index in [4.69, 9.17) is 0 Å². The highest BCUT2D eigenvalue weighted by molar-refractivity contribution is 5.93. The molecule has 0 unspecified atom stereocenters. The quantitative estimate of drug-likeness (QED) is 0.897. The summed E-state index contributed by atoms with van der Waals surface area (Å²) < 4.78 is 13.7. The number of hydrogen-bond acceptors (Lipinski definition) is 2. The number of benzene rings is 2. The molecule has 2 aromatic carbocycles. The fraction of sp³-hybridized carbons (Fsp3) is 0.350. The predicted molar refractivity (Wildman–Crippen MR) is 97.6 cm³/mol. The number of rotatable bonds is 4. The van der Waals surface area contributed by atoms with Crippen molar-refractivity contribution in [3.63, 3.8) is 0 Å². The summed E-state index contributed by atoms with van der Waals surface area (Å²) >= 11 is 0. The minimum atomic E-state index is -0.984. The molecule has 2 aromatic rings. The fourth-order valence-corrected chi connectivity index (χ4v) is 3.47. The molecule has 132 valence electrons. The first-order chi connectivity index (χ1) is 12.0. The van der Waals surface area contributed by atoms with Crippen molar-refractivity contribution in [1.82, 2.24) is 4.90 Å². The topological polar surface area (TPSA) is 43.8 Å². The first-order valence-electron chi connectivity index (χ1n) is 8.53. The largest absolute Gasteiger partial charge is 0.465 e. The molecule has 3 rings (SSSR count). The van der Waals surface area contributed by atoms with E-state index in [1.807, 2.05) is 38.2 Å². The molecule has 1 fully saturated rings. The van der Waals surface area contributed by atoms with Crippen LogP contribution in [0, 0.1) is 12.7 Å². The van der Waals surface area contributed by atoms with Gasteiger partial charge in [-0.15, -0.1) is 0 Å². The van der Waals surface area contributed by atoms with Gasteiger partial charge in [-0.25, -0.2) is 9.18 Å². The molecule has 5 heteroatoms.